The number of rotatable bonds is 2. The third-order valence-electron chi connectivity index (χ3n) is 2.64. The zero-order valence-corrected chi connectivity index (χ0v) is 8.77. The normalized spacial score (nSPS) is 12.4. The summed E-state index contributed by atoms with van der Waals surface area (Å²) in [5, 5.41) is 1.20. The van der Waals surface area contributed by atoms with E-state index in [4.69, 9.17) is 0 Å². The van der Waals surface area contributed by atoms with Gasteiger partial charge >= 0.3 is 0 Å². The molecule has 0 bridgehead atoms. The molecular formula is C12H12N2O. The van der Waals surface area contributed by atoms with Crippen molar-refractivity contribution in [1.29, 1.82) is 0 Å². The lowest BCUT2D eigenvalue weighted by molar-refractivity contribution is 0.559. The fourth-order valence-electron chi connectivity index (χ4n) is 1.69. The van der Waals surface area contributed by atoms with E-state index in [9.17, 15) is 4.79 Å². The number of aromatic nitrogens is 1. The van der Waals surface area contributed by atoms with Crippen LogP contribution >= 0.6 is 0 Å². The van der Waals surface area contributed by atoms with Crippen LogP contribution in [-0.4, -0.2) is 10.6 Å². The molecule has 0 saturated heterocycles. The molecule has 1 heterocycles. The van der Waals surface area contributed by atoms with Crippen LogP contribution < -0.4 is 0 Å². The second-order valence-corrected chi connectivity index (χ2v) is 3.64. The van der Waals surface area contributed by atoms with Gasteiger partial charge in [0, 0.05) is 18.8 Å². The van der Waals surface area contributed by atoms with Gasteiger partial charge in [0.15, 0.2) is 0 Å². The van der Waals surface area contributed by atoms with E-state index in [0.29, 0.717) is 0 Å². The van der Waals surface area contributed by atoms with Crippen molar-refractivity contribution in [2.24, 2.45) is 12.0 Å². The number of hydrogen-bond donors (Lipinski definition) is 0. The Morgan fingerprint density at radius 2 is 2.20 bits per heavy atom. The molecule has 1 atom stereocenters. The quantitative estimate of drug-likeness (QED) is 0.542. The molecule has 0 aliphatic carbocycles. The molecule has 2 rings (SSSR count). The lowest BCUT2D eigenvalue weighted by Crippen LogP contribution is -1.91. The first-order chi connectivity index (χ1) is 7.22. The molecule has 0 spiro atoms. The lowest BCUT2D eigenvalue weighted by Gasteiger charge is -2.05. The summed E-state index contributed by atoms with van der Waals surface area (Å²) in [5.74, 6) is 0. The van der Waals surface area contributed by atoms with Gasteiger partial charge in [-0.2, -0.15) is 4.99 Å². The highest BCUT2D eigenvalue weighted by Gasteiger charge is 2.05. The Labute approximate surface area is 88.0 Å². The molecule has 1 aromatic carbocycles. The highest BCUT2D eigenvalue weighted by atomic mass is 16.1. The van der Waals surface area contributed by atoms with Gasteiger partial charge in [-0.1, -0.05) is 12.1 Å². The van der Waals surface area contributed by atoms with E-state index in [2.05, 4.69) is 21.7 Å². The molecule has 2 aromatic rings. The van der Waals surface area contributed by atoms with Crippen LogP contribution in [0.5, 0.6) is 0 Å². The molecule has 0 N–H and O–H groups in total. The third kappa shape index (κ3) is 1.69. The van der Waals surface area contributed by atoms with Crippen LogP contribution in [0.3, 0.4) is 0 Å². The molecule has 3 nitrogen and oxygen atoms in total. The van der Waals surface area contributed by atoms with E-state index in [1.165, 1.54) is 5.39 Å². The summed E-state index contributed by atoms with van der Waals surface area (Å²) in [6.07, 6.45) is 3.61. The smallest absolute Gasteiger partial charge is 0.235 e. The molecule has 3 heteroatoms. The van der Waals surface area contributed by atoms with Crippen molar-refractivity contribution < 1.29 is 4.79 Å². The number of carbonyl (C=O) groups excluding carboxylic acids is 1. The summed E-state index contributed by atoms with van der Waals surface area (Å²) in [4.78, 5) is 13.9. The van der Waals surface area contributed by atoms with Crippen molar-refractivity contribution in [3.8, 4) is 0 Å². The van der Waals surface area contributed by atoms with Gasteiger partial charge in [0.2, 0.25) is 6.08 Å². The molecular weight excluding hydrogens is 188 g/mol. The second-order valence-electron chi connectivity index (χ2n) is 3.64. The first-order valence-electron chi connectivity index (χ1n) is 4.84. The van der Waals surface area contributed by atoms with Crippen molar-refractivity contribution >= 4 is 17.0 Å². The maximum Gasteiger partial charge on any atom is 0.235 e. The predicted octanol–water partition coefficient (Wildman–Crippen LogP) is 2.58. The Bertz CT molecular complexity index is 536. The second kappa shape index (κ2) is 3.71. The molecule has 15 heavy (non-hydrogen) atoms. The number of aliphatic imine (C=N–C) groups is 1. The topological polar surface area (TPSA) is 34.4 Å². The molecule has 0 saturated carbocycles. The Hall–Kier alpha value is -1.86. The maximum atomic E-state index is 10.2. The van der Waals surface area contributed by atoms with Gasteiger partial charge in [-0.15, -0.1) is 0 Å². The van der Waals surface area contributed by atoms with Gasteiger partial charge < -0.3 is 4.57 Å². The molecule has 76 valence electrons. The molecule has 0 aliphatic rings. The standard InChI is InChI=1S/C12H12N2O/c1-9(13-8-15)11-4-3-10-5-6-14(2)12(10)7-11/h3-7,9H,1-2H3. The summed E-state index contributed by atoms with van der Waals surface area (Å²) in [5.41, 5.74) is 2.19. The van der Waals surface area contributed by atoms with Gasteiger partial charge in [0.25, 0.3) is 0 Å². The van der Waals surface area contributed by atoms with Gasteiger partial charge in [-0.25, -0.2) is 4.79 Å². The minimum absolute atomic E-state index is 0.123. The van der Waals surface area contributed by atoms with Gasteiger partial charge in [-0.05, 0) is 30.0 Å². The Morgan fingerprint density at radius 3 is 2.93 bits per heavy atom. The van der Waals surface area contributed by atoms with E-state index in [1.54, 1.807) is 6.08 Å². The summed E-state index contributed by atoms with van der Waals surface area (Å²) >= 11 is 0. The number of hydrogen-bond acceptors (Lipinski definition) is 2. The van der Waals surface area contributed by atoms with E-state index >= 15 is 0 Å². The Morgan fingerprint density at radius 1 is 1.40 bits per heavy atom. The molecule has 0 fully saturated rings. The average Bonchev–Trinajstić information content (AvgIpc) is 2.60. The highest BCUT2D eigenvalue weighted by Crippen LogP contribution is 2.22. The van der Waals surface area contributed by atoms with Crippen molar-refractivity contribution in [3.05, 3.63) is 36.0 Å². The van der Waals surface area contributed by atoms with Crippen LogP contribution in [0.15, 0.2) is 35.5 Å². The first-order valence-corrected chi connectivity index (χ1v) is 4.84. The molecule has 0 radical (unpaired) electrons. The van der Waals surface area contributed by atoms with Gasteiger partial charge in [-0.3, -0.25) is 0 Å². The summed E-state index contributed by atoms with van der Waals surface area (Å²) in [6.45, 7) is 1.88. The molecule has 0 amide bonds. The Balaban J connectivity index is 2.54. The predicted molar refractivity (Wildman–Crippen MR) is 59.5 cm³/mol. The summed E-state index contributed by atoms with van der Waals surface area (Å²) < 4.78 is 2.05. The zero-order valence-electron chi connectivity index (χ0n) is 8.77. The minimum atomic E-state index is -0.123. The van der Waals surface area contributed by atoms with Crippen molar-refractivity contribution in [2.75, 3.05) is 0 Å². The van der Waals surface area contributed by atoms with E-state index in [1.807, 2.05) is 32.3 Å². The number of nitrogens with zero attached hydrogens (tertiary/aromatic N) is 2. The highest BCUT2D eigenvalue weighted by molar-refractivity contribution is 5.80. The fourth-order valence-corrected chi connectivity index (χ4v) is 1.69. The Kier molecular flexibility index (Phi) is 2.40. The summed E-state index contributed by atoms with van der Waals surface area (Å²) in [6, 6.07) is 8.03. The van der Waals surface area contributed by atoms with Crippen LogP contribution in [0.4, 0.5) is 0 Å². The van der Waals surface area contributed by atoms with Crippen molar-refractivity contribution in [3.63, 3.8) is 0 Å². The number of benzene rings is 1. The average molecular weight is 200 g/mol. The largest absolute Gasteiger partial charge is 0.351 e. The van der Waals surface area contributed by atoms with Crippen LogP contribution in [0.1, 0.15) is 18.5 Å². The SMILES string of the molecule is CC(N=C=O)c1ccc2ccn(C)c2c1. The van der Waals surface area contributed by atoms with Crippen LogP contribution in [0.2, 0.25) is 0 Å². The molecule has 1 aromatic heterocycles. The van der Waals surface area contributed by atoms with Crippen molar-refractivity contribution in [1.82, 2.24) is 4.57 Å². The maximum absolute atomic E-state index is 10.2. The minimum Gasteiger partial charge on any atom is -0.351 e. The van der Waals surface area contributed by atoms with E-state index in [0.717, 1.165) is 11.1 Å². The number of fused-ring (bicyclic) bond motifs is 1. The van der Waals surface area contributed by atoms with E-state index < -0.39 is 0 Å². The first kappa shape index (κ1) is 9.69. The summed E-state index contributed by atoms with van der Waals surface area (Å²) in [7, 11) is 2.00. The van der Waals surface area contributed by atoms with Crippen LogP contribution in [0, 0.1) is 0 Å². The van der Waals surface area contributed by atoms with Crippen LogP contribution in [-0.2, 0) is 11.8 Å². The lowest BCUT2D eigenvalue weighted by atomic mass is 10.1. The van der Waals surface area contributed by atoms with Crippen LogP contribution in [0.25, 0.3) is 10.9 Å². The number of isocyanates is 1. The third-order valence-corrected chi connectivity index (χ3v) is 2.64. The van der Waals surface area contributed by atoms with Gasteiger partial charge in [0.1, 0.15) is 0 Å². The number of aryl methyl sites for hydroxylation is 1. The van der Waals surface area contributed by atoms with Gasteiger partial charge in [0.05, 0.1) is 6.04 Å². The van der Waals surface area contributed by atoms with E-state index in [-0.39, 0.29) is 6.04 Å². The fraction of sp³-hybridized carbons (Fsp3) is 0.250. The molecule has 0 aliphatic heterocycles. The van der Waals surface area contributed by atoms with Crippen molar-refractivity contribution in [2.45, 2.75) is 13.0 Å². The monoisotopic (exact) mass is 200 g/mol. The zero-order chi connectivity index (χ0) is 10.8. The molecule has 1 unspecified atom stereocenters.